The summed E-state index contributed by atoms with van der Waals surface area (Å²) < 4.78 is 18.8. The number of hydrogen-bond donors (Lipinski definition) is 1. The highest BCUT2D eigenvalue weighted by molar-refractivity contribution is 6.31. The fourth-order valence-corrected chi connectivity index (χ4v) is 2.98. The van der Waals surface area contributed by atoms with Crippen molar-refractivity contribution in [3.8, 4) is 5.75 Å². The number of hydrogen-bond acceptors (Lipinski definition) is 2. The second-order valence-electron chi connectivity index (χ2n) is 4.73. The van der Waals surface area contributed by atoms with Crippen LogP contribution in [-0.4, -0.2) is 6.61 Å². The fourth-order valence-electron chi connectivity index (χ4n) is 2.45. The summed E-state index contributed by atoms with van der Waals surface area (Å²) in [5.74, 6) is 0.376. The summed E-state index contributed by atoms with van der Waals surface area (Å²) in [5.41, 5.74) is 8.73. The van der Waals surface area contributed by atoms with Gasteiger partial charge in [-0.3, -0.25) is 0 Å². The Balaban J connectivity index is 2.09. The molecular weight excluding hydrogens is 300 g/mol. The van der Waals surface area contributed by atoms with Gasteiger partial charge in [-0.2, -0.15) is 0 Å². The molecule has 1 aliphatic heterocycles. The second kappa shape index (κ2) is 5.24. The van der Waals surface area contributed by atoms with Crippen LogP contribution in [-0.2, 0) is 6.42 Å². The second-order valence-corrected chi connectivity index (χ2v) is 5.57. The van der Waals surface area contributed by atoms with Crippen LogP contribution in [0.2, 0.25) is 10.0 Å². The molecule has 0 fully saturated rings. The first-order valence-corrected chi connectivity index (χ1v) is 6.97. The van der Waals surface area contributed by atoms with Crippen molar-refractivity contribution in [3.05, 3.63) is 62.9 Å². The van der Waals surface area contributed by atoms with Crippen LogP contribution in [0.3, 0.4) is 0 Å². The Morgan fingerprint density at radius 3 is 2.70 bits per heavy atom. The number of rotatable bonds is 2. The van der Waals surface area contributed by atoms with Crippen LogP contribution in [0.5, 0.6) is 5.75 Å². The van der Waals surface area contributed by atoms with Crippen molar-refractivity contribution >= 4 is 23.2 Å². The molecular formula is C15H12Cl2FNO. The maximum Gasteiger partial charge on any atom is 0.127 e. The van der Waals surface area contributed by atoms with E-state index in [1.807, 2.05) is 6.07 Å². The van der Waals surface area contributed by atoms with Crippen LogP contribution >= 0.6 is 23.2 Å². The molecule has 0 aliphatic carbocycles. The Morgan fingerprint density at radius 2 is 1.95 bits per heavy atom. The minimum absolute atomic E-state index is 0.296. The molecule has 1 heterocycles. The molecule has 0 aromatic heterocycles. The van der Waals surface area contributed by atoms with Gasteiger partial charge in [0.15, 0.2) is 0 Å². The monoisotopic (exact) mass is 311 g/mol. The van der Waals surface area contributed by atoms with Crippen LogP contribution in [0.25, 0.3) is 0 Å². The first kappa shape index (κ1) is 13.7. The van der Waals surface area contributed by atoms with Crippen molar-refractivity contribution in [3.63, 3.8) is 0 Å². The van der Waals surface area contributed by atoms with Gasteiger partial charge in [0.1, 0.15) is 11.6 Å². The lowest BCUT2D eigenvalue weighted by atomic mass is 9.96. The van der Waals surface area contributed by atoms with E-state index < -0.39 is 11.9 Å². The number of benzene rings is 2. The van der Waals surface area contributed by atoms with E-state index in [1.54, 1.807) is 12.1 Å². The summed E-state index contributed by atoms with van der Waals surface area (Å²) in [6.45, 7) is 0.618. The predicted octanol–water partition coefficient (Wildman–Crippen LogP) is 4.12. The molecule has 5 heteroatoms. The Hall–Kier alpha value is -1.29. The third kappa shape index (κ3) is 2.37. The summed E-state index contributed by atoms with van der Waals surface area (Å²) >= 11 is 12.2. The number of ether oxygens (including phenoxy) is 1. The van der Waals surface area contributed by atoms with Gasteiger partial charge in [-0.15, -0.1) is 0 Å². The zero-order valence-corrected chi connectivity index (χ0v) is 12.0. The average Bonchev–Trinajstić information content (AvgIpc) is 2.85. The van der Waals surface area contributed by atoms with Gasteiger partial charge >= 0.3 is 0 Å². The molecule has 3 rings (SSSR count). The topological polar surface area (TPSA) is 35.2 Å². The Labute approximate surface area is 126 Å². The highest BCUT2D eigenvalue weighted by Gasteiger charge is 2.23. The van der Waals surface area contributed by atoms with Crippen LogP contribution in [0.1, 0.15) is 22.7 Å². The lowest BCUT2D eigenvalue weighted by molar-refractivity contribution is 0.352. The Bertz CT molecular complexity index is 675. The highest BCUT2D eigenvalue weighted by atomic mass is 35.5. The molecule has 2 aromatic rings. The van der Waals surface area contributed by atoms with E-state index in [9.17, 15) is 4.39 Å². The Morgan fingerprint density at radius 1 is 1.15 bits per heavy atom. The largest absolute Gasteiger partial charge is 0.493 e. The van der Waals surface area contributed by atoms with Crippen molar-refractivity contribution in [2.45, 2.75) is 12.5 Å². The summed E-state index contributed by atoms with van der Waals surface area (Å²) in [5, 5.41) is 0.905. The van der Waals surface area contributed by atoms with Gasteiger partial charge in [0.05, 0.1) is 12.6 Å². The number of fused-ring (bicyclic) bond motifs is 1. The quantitative estimate of drug-likeness (QED) is 0.905. The van der Waals surface area contributed by atoms with Crippen molar-refractivity contribution in [2.24, 2.45) is 5.73 Å². The van der Waals surface area contributed by atoms with E-state index in [1.165, 1.54) is 12.1 Å². The first-order valence-electron chi connectivity index (χ1n) is 6.22. The van der Waals surface area contributed by atoms with Gasteiger partial charge in [-0.1, -0.05) is 29.3 Å². The first-order chi connectivity index (χ1) is 9.56. The van der Waals surface area contributed by atoms with Crippen LogP contribution in [0.15, 0.2) is 30.3 Å². The van der Waals surface area contributed by atoms with Crippen LogP contribution < -0.4 is 10.5 Å². The van der Waals surface area contributed by atoms with Crippen molar-refractivity contribution in [1.29, 1.82) is 0 Å². The average molecular weight is 312 g/mol. The van der Waals surface area contributed by atoms with Crippen molar-refractivity contribution < 1.29 is 9.13 Å². The molecule has 0 saturated carbocycles. The minimum atomic E-state index is -0.506. The molecule has 0 amide bonds. The zero-order valence-electron chi connectivity index (χ0n) is 10.5. The van der Waals surface area contributed by atoms with E-state index in [-0.39, 0.29) is 0 Å². The lowest BCUT2D eigenvalue weighted by Gasteiger charge is -2.17. The van der Waals surface area contributed by atoms with E-state index >= 15 is 0 Å². The summed E-state index contributed by atoms with van der Waals surface area (Å²) in [4.78, 5) is 0. The summed E-state index contributed by atoms with van der Waals surface area (Å²) in [7, 11) is 0. The number of nitrogens with two attached hydrogens (primary N) is 1. The maximum atomic E-state index is 13.1. The van der Waals surface area contributed by atoms with E-state index in [2.05, 4.69) is 0 Å². The molecule has 2 N–H and O–H groups in total. The molecule has 1 atom stereocenters. The molecule has 1 unspecified atom stereocenters. The van der Waals surface area contributed by atoms with Crippen molar-refractivity contribution in [1.82, 2.24) is 0 Å². The standard InChI is InChI=1S/C15H12Cl2FNO/c16-9-5-8-3-4-20-15(8)12(6-9)14(19)11-2-1-10(18)7-13(11)17/h1-2,5-7,14H,3-4,19H2. The van der Waals surface area contributed by atoms with E-state index in [0.717, 1.165) is 23.3 Å². The number of halogens is 3. The zero-order chi connectivity index (χ0) is 14.3. The predicted molar refractivity (Wildman–Crippen MR) is 78.1 cm³/mol. The summed E-state index contributed by atoms with van der Waals surface area (Å²) in [6.07, 6.45) is 0.812. The smallest absolute Gasteiger partial charge is 0.127 e. The third-order valence-electron chi connectivity index (χ3n) is 3.41. The van der Waals surface area contributed by atoms with Crippen LogP contribution in [0.4, 0.5) is 4.39 Å². The molecule has 0 spiro atoms. The van der Waals surface area contributed by atoms with Gasteiger partial charge in [0.25, 0.3) is 0 Å². The lowest BCUT2D eigenvalue weighted by Crippen LogP contribution is -2.13. The molecule has 2 aromatic carbocycles. The van der Waals surface area contributed by atoms with Gasteiger partial charge in [-0.05, 0) is 35.4 Å². The molecule has 104 valence electrons. The maximum absolute atomic E-state index is 13.1. The van der Waals surface area contributed by atoms with Gasteiger partial charge < -0.3 is 10.5 Å². The van der Waals surface area contributed by atoms with E-state index in [4.69, 9.17) is 33.7 Å². The molecule has 20 heavy (non-hydrogen) atoms. The van der Waals surface area contributed by atoms with Crippen LogP contribution in [0, 0.1) is 5.82 Å². The van der Waals surface area contributed by atoms with Gasteiger partial charge in [-0.25, -0.2) is 4.39 Å². The Kier molecular flexibility index (Phi) is 3.59. The molecule has 1 aliphatic rings. The highest BCUT2D eigenvalue weighted by Crippen LogP contribution is 2.39. The van der Waals surface area contributed by atoms with E-state index in [0.29, 0.717) is 22.2 Å². The third-order valence-corrected chi connectivity index (χ3v) is 3.96. The van der Waals surface area contributed by atoms with Gasteiger partial charge in [0, 0.05) is 22.0 Å². The molecule has 0 bridgehead atoms. The minimum Gasteiger partial charge on any atom is -0.493 e. The molecule has 0 saturated heterocycles. The SMILES string of the molecule is NC(c1ccc(F)cc1Cl)c1cc(Cl)cc2c1OCC2. The molecule has 2 nitrogen and oxygen atoms in total. The van der Waals surface area contributed by atoms with Crippen molar-refractivity contribution in [2.75, 3.05) is 6.61 Å². The summed E-state index contributed by atoms with van der Waals surface area (Å²) in [6, 6.07) is 7.33. The molecule has 0 radical (unpaired) electrons. The van der Waals surface area contributed by atoms with Gasteiger partial charge in [0.2, 0.25) is 0 Å². The normalized spacial score (nSPS) is 14.8. The fraction of sp³-hybridized carbons (Fsp3) is 0.200.